The summed E-state index contributed by atoms with van der Waals surface area (Å²) in [5.41, 5.74) is 0.0897. The van der Waals surface area contributed by atoms with Crippen LogP contribution in [0.15, 0.2) is 37.9 Å². The molecule has 4 rings (SSSR count). The van der Waals surface area contributed by atoms with Crippen molar-refractivity contribution in [2.75, 3.05) is 5.01 Å². The van der Waals surface area contributed by atoms with Crippen molar-refractivity contribution in [3.8, 4) is 0 Å². The van der Waals surface area contributed by atoms with Gasteiger partial charge in [0, 0.05) is 25.5 Å². The lowest BCUT2D eigenvalue weighted by atomic mass is 10.0. The number of aliphatic carboxylic acids is 1. The van der Waals surface area contributed by atoms with Crippen LogP contribution in [-0.2, 0) is 14.4 Å². The Morgan fingerprint density at radius 2 is 1.88 bits per heavy atom. The first-order valence-corrected chi connectivity index (χ1v) is 13.1. The molecule has 2 aliphatic rings. The van der Waals surface area contributed by atoms with E-state index < -0.39 is 33.8 Å². The topological polar surface area (TPSA) is 126 Å². The Hall–Kier alpha value is -1.68. The maximum Gasteiger partial charge on any atom is 0.321 e. The molecule has 0 bridgehead atoms. The molecular formula is C18H15Br2N5O5S3. The van der Waals surface area contributed by atoms with Crippen LogP contribution in [0.4, 0.5) is 0 Å². The summed E-state index contributed by atoms with van der Waals surface area (Å²) in [4.78, 5) is 51.2. The molecule has 174 valence electrons. The largest absolute Gasteiger partial charge is 0.480 e. The molecule has 0 saturated carbocycles. The minimum Gasteiger partial charge on any atom is -0.480 e. The molecule has 33 heavy (non-hydrogen) atoms. The van der Waals surface area contributed by atoms with Crippen molar-refractivity contribution < 1.29 is 19.5 Å². The molecule has 2 aliphatic heterocycles. The number of pyridine rings is 1. The second kappa shape index (κ2) is 9.17. The number of thioether (sulfide) groups is 1. The van der Waals surface area contributed by atoms with Gasteiger partial charge in [0.25, 0.3) is 5.91 Å². The minimum atomic E-state index is -1.09. The molecule has 0 aliphatic carbocycles. The molecule has 1 N–H and O–H groups in total. The van der Waals surface area contributed by atoms with Crippen LogP contribution in [0.5, 0.6) is 0 Å². The van der Waals surface area contributed by atoms with Gasteiger partial charge in [-0.3, -0.25) is 23.9 Å². The Kier molecular flexibility index (Phi) is 6.79. The summed E-state index contributed by atoms with van der Waals surface area (Å²) in [5.74, 6) is -1.93. The van der Waals surface area contributed by atoms with Crippen molar-refractivity contribution in [3.05, 3.63) is 53.4 Å². The van der Waals surface area contributed by atoms with Crippen molar-refractivity contribution in [2.24, 2.45) is 0 Å². The first kappa shape index (κ1) is 24.4. The molecule has 2 aromatic rings. The predicted molar refractivity (Wildman–Crippen MR) is 133 cm³/mol. The third-order valence-electron chi connectivity index (χ3n) is 4.99. The number of hydrogen-bond donors (Lipinski definition) is 2. The summed E-state index contributed by atoms with van der Waals surface area (Å²) in [6.07, 6.45) is 4.26. The van der Waals surface area contributed by atoms with Gasteiger partial charge in [-0.05, 0) is 44.4 Å². The summed E-state index contributed by atoms with van der Waals surface area (Å²) >= 11 is 13.2. The number of carbonyl (C=O) groups excluding carboxylic acids is 2. The molecule has 0 aromatic carbocycles. The fourth-order valence-electron chi connectivity index (χ4n) is 3.53. The zero-order valence-corrected chi connectivity index (χ0v) is 22.6. The fraction of sp³-hybridized carbons (Fsp3) is 0.333. The molecule has 15 heteroatoms. The van der Waals surface area contributed by atoms with Crippen molar-refractivity contribution in [1.29, 1.82) is 0 Å². The predicted octanol–water partition coefficient (Wildman–Crippen LogP) is 2.31. The van der Waals surface area contributed by atoms with E-state index in [-0.39, 0.29) is 20.3 Å². The highest BCUT2D eigenvalue weighted by Gasteiger charge is 2.56. The van der Waals surface area contributed by atoms with Gasteiger partial charge in [0.15, 0.2) is 6.04 Å². The molecule has 1 fully saturated rings. The number of nitrogens with zero attached hydrogens (tertiary/aromatic N) is 5. The van der Waals surface area contributed by atoms with Crippen molar-refractivity contribution >= 4 is 85.4 Å². The maximum atomic E-state index is 13.1. The second-order valence-electron chi connectivity index (χ2n) is 7.15. The lowest BCUT2D eigenvalue weighted by molar-refractivity contribution is -0.144. The van der Waals surface area contributed by atoms with E-state index >= 15 is 0 Å². The van der Waals surface area contributed by atoms with E-state index in [1.54, 1.807) is 6.92 Å². The first-order chi connectivity index (χ1) is 15.5. The number of hydrogen-bond acceptors (Lipinski definition) is 9. The van der Waals surface area contributed by atoms with Gasteiger partial charge in [0.2, 0.25) is 11.3 Å². The van der Waals surface area contributed by atoms with Crippen LogP contribution < -0.4 is 10.4 Å². The summed E-state index contributed by atoms with van der Waals surface area (Å²) in [6, 6.07) is -0.962. The Morgan fingerprint density at radius 3 is 2.39 bits per heavy atom. The molecule has 0 spiro atoms. The van der Waals surface area contributed by atoms with E-state index in [9.17, 15) is 24.3 Å². The van der Waals surface area contributed by atoms with Crippen molar-refractivity contribution in [1.82, 2.24) is 19.8 Å². The van der Waals surface area contributed by atoms with Gasteiger partial charge >= 0.3 is 5.97 Å². The summed E-state index contributed by atoms with van der Waals surface area (Å²) < 4.78 is 1.73. The van der Waals surface area contributed by atoms with Gasteiger partial charge in [-0.25, -0.2) is 5.01 Å². The number of β-lactam (4-membered cyclic amide) rings is 1. The van der Waals surface area contributed by atoms with Crippen LogP contribution in [0.1, 0.15) is 22.2 Å². The number of aromatic nitrogens is 3. The maximum absolute atomic E-state index is 13.1. The monoisotopic (exact) mass is 635 g/mol. The van der Waals surface area contributed by atoms with E-state index in [0.717, 1.165) is 11.8 Å². The molecule has 1 saturated heterocycles. The highest BCUT2D eigenvalue weighted by Crippen LogP contribution is 2.47. The minimum absolute atomic E-state index is 0.193. The van der Waals surface area contributed by atoms with Crippen molar-refractivity contribution in [3.63, 3.8) is 0 Å². The summed E-state index contributed by atoms with van der Waals surface area (Å²) in [6.45, 7) is 3.07. The van der Waals surface area contributed by atoms with Gasteiger partial charge in [0.1, 0.15) is 20.6 Å². The van der Waals surface area contributed by atoms with Gasteiger partial charge in [-0.15, -0.1) is 33.3 Å². The van der Waals surface area contributed by atoms with Gasteiger partial charge in [-0.1, -0.05) is 0 Å². The van der Waals surface area contributed by atoms with E-state index in [1.807, 2.05) is 0 Å². The Balaban J connectivity index is 1.71. The lowest BCUT2D eigenvalue weighted by Crippen LogP contribution is -2.72. The number of rotatable bonds is 5. The Labute approximate surface area is 217 Å². The van der Waals surface area contributed by atoms with Crippen LogP contribution in [0.2, 0.25) is 0 Å². The molecule has 2 aromatic heterocycles. The quantitative estimate of drug-likeness (QED) is 0.378. The van der Waals surface area contributed by atoms with E-state index in [0.29, 0.717) is 15.6 Å². The number of halogens is 2. The van der Waals surface area contributed by atoms with Crippen LogP contribution >= 0.6 is 67.6 Å². The fourth-order valence-corrected chi connectivity index (χ4v) is 7.30. The average molecular weight is 637 g/mol. The SMILES string of the molecule is CC(=O)N(C1C(=O)N2C=C(C(S)c3nnc(C)s3)C(C(=O)O)S[C@H]12)n1cc(Br)c(=O)c(Br)c1. The number of carbonyl (C=O) groups is 3. The van der Waals surface area contributed by atoms with Gasteiger partial charge < -0.3 is 10.0 Å². The molecular weight excluding hydrogens is 622 g/mol. The zero-order valence-electron chi connectivity index (χ0n) is 16.9. The van der Waals surface area contributed by atoms with E-state index in [1.165, 1.54) is 51.4 Å². The van der Waals surface area contributed by atoms with Crippen LogP contribution in [0.3, 0.4) is 0 Å². The zero-order chi connectivity index (χ0) is 24.2. The first-order valence-electron chi connectivity index (χ1n) is 9.28. The number of aryl methyl sites for hydroxylation is 1. The lowest BCUT2D eigenvalue weighted by Gasteiger charge is -2.52. The van der Waals surface area contributed by atoms with E-state index in [4.69, 9.17) is 0 Å². The molecule has 3 unspecified atom stereocenters. The highest BCUT2D eigenvalue weighted by molar-refractivity contribution is 9.11. The van der Waals surface area contributed by atoms with Crippen LogP contribution in [0, 0.1) is 6.92 Å². The number of fused-ring (bicyclic) bond motifs is 1. The van der Waals surface area contributed by atoms with Crippen LogP contribution in [0.25, 0.3) is 0 Å². The van der Waals surface area contributed by atoms with Gasteiger partial charge in [-0.2, -0.15) is 12.6 Å². The number of amides is 2. The van der Waals surface area contributed by atoms with Gasteiger partial charge in [0.05, 0.1) is 14.2 Å². The van der Waals surface area contributed by atoms with Crippen LogP contribution in [-0.4, -0.2) is 59.3 Å². The number of thiol groups is 1. The average Bonchev–Trinajstić information content (AvgIpc) is 3.19. The van der Waals surface area contributed by atoms with E-state index in [2.05, 4.69) is 54.7 Å². The summed E-state index contributed by atoms with van der Waals surface area (Å²) in [7, 11) is 0. The normalized spacial score (nSPS) is 22.8. The summed E-state index contributed by atoms with van der Waals surface area (Å²) in [5, 5.41) is 18.1. The molecule has 0 radical (unpaired) electrons. The number of carboxylic acid groups (broad SMARTS) is 1. The third-order valence-corrected chi connectivity index (χ3v) is 9.25. The molecule has 10 nitrogen and oxygen atoms in total. The third kappa shape index (κ3) is 4.29. The second-order valence-corrected chi connectivity index (χ2v) is 11.8. The van der Waals surface area contributed by atoms with Crippen molar-refractivity contribution in [2.45, 2.75) is 35.8 Å². The molecule has 4 heterocycles. The highest BCUT2D eigenvalue weighted by atomic mass is 79.9. The smallest absolute Gasteiger partial charge is 0.321 e. The Morgan fingerprint density at radius 1 is 1.24 bits per heavy atom. The Bertz CT molecular complexity index is 1240. The molecule has 4 atom stereocenters. The number of carboxylic acids is 1. The standard InChI is InChI=1S/C18H15Br2N5O5S3/c1-6-21-22-15(32-6)13(31)8-3-24-16(28)11(17(24)33-14(8)18(29)30)25(7(2)26)23-4-9(19)12(27)10(20)5-23/h3-5,11,13-14,17,31H,1-2H3,(H,29,30)/t11?,13?,14?,17-/m1/s1. The molecule has 2 amide bonds.